The lowest BCUT2D eigenvalue weighted by atomic mass is 9.80. The maximum absolute atomic E-state index is 13.3. The number of rotatable bonds is 2. The summed E-state index contributed by atoms with van der Waals surface area (Å²) in [5, 5.41) is 9.90. The third-order valence-electron chi connectivity index (χ3n) is 7.71. The highest BCUT2D eigenvalue weighted by atomic mass is 16.5. The largest absolute Gasteiger partial charge is 0.481 e. The van der Waals surface area contributed by atoms with Gasteiger partial charge in [0.1, 0.15) is 0 Å². The minimum atomic E-state index is -0.857. The Morgan fingerprint density at radius 2 is 1.76 bits per heavy atom. The van der Waals surface area contributed by atoms with Crippen molar-refractivity contribution in [2.75, 3.05) is 13.2 Å². The van der Waals surface area contributed by atoms with Crippen molar-refractivity contribution in [3.8, 4) is 5.88 Å². The van der Waals surface area contributed by atoms with E-state index in [9.17, 15) is 14.7 Å². The van der Waals surface area contributed by atoms with E-state index in [-0.39, 0.29) is 11.8 Å². The van der Waals surface area contributed by atoms with Crippen LogP contribution in [0.3, 0.4) is 0 Å². The number of carboxylic acid groups (broad SMARTS) is 1. The molecular weight excluding hydrogens is 464 g/mol. The molecule has 1 amide bonds. The average molecular weight is 499 g/mol. The maximum Gasteiger partial charge on any atom is 0.307 e. The molecule has 6 heteroatoms. The fraction of sp³-hybridized carbons (Fsp3) is 0.387. The highest BCUT2D eigenvalue weighted by molar-refractivity contribution is 5.94. The highest BCUT2D eigenvalue weighted by Gasteiger charge is 2.29. The molecular formula is C31H34N2O4. The van der Waals surface area contributed by atoms with Crippen LogP contribution in [-0.2, 0) is 24.2 Å². The fourth-order valence-corrected chi connectivity index (χ4v) is 5.48. The van der Waals surface area contributed by atoms with Gasteiger partial charge in [-0.2, -0.15) is 0 Å². The summed E-state index contributed by atoms with van der Waals surface area (Å²) in [6.07, 6.45) is 7.80. The van der Waals surface area contributed by atoms with E-state index in [1.54, 1.807) is 13.1 Å². The van der Waals surface area contributed by atoms with Crippen LogP contribution in [-0.4, -0.2) is 40.0 Å². The third kappa shape index (κ3) is 5.68. The highest BCUT2D eigenvalue weighted by Crippen LogP contribution is 2.35. The predicted molar refractivity (Wildman–Crippen MR) is 142 cm³/mol. The van der Waals surface area contributed by atoms with Gasteiger partial charge in [-0.25, -0.2) is 4.98 Å². The van der Waals surface area contributed by atoms with Crippen LogP contribution in [0, 0.1) is 5.92 Å². The molecule has 0 aliphatic carbocycles. The molecule has 6 nitrogen and oxygen atoms in total. The number of carbonyl (C=O) groups is 2. The van der Waals surface area contributed by atoms with Gasteiger partial charge in [0.05, 0.1) is 12.5 Å². The first-order valence-corrected chi connectivity index (χ1v) is 13.3. The number of carbonyl (C=O) groups excluding carboxylic acids is 1. The Kier molecular flexibility index (Phi) is 7.54. The van der Waals surface area contributed by atoms with Crippen molar-refractivity contribution in [2.45, 2.75) is 57.9 Å². The Labute approximate surface area is 218 Å². The van der Waals surface area contributed by atoms with E-state index in [0.29, 0.717) is 31.1 Å². The normalized spacial score (nSPS) is 19.1. The van der Waals surface area contributed by atoms with E-state index in [4.69, 9.17) is 4.74 Å². The molecule has 3 aromatic rings. The summed E-state index contributed by atoms with van der Waals surface area (Å²) in [5.41, 5.74) is 6.02. The Bertz CT molecular complexity index is 1250. The van der Waals surface area contributed by atoms with Crippen LogP contribution in [0.5, 0.6) is 5.88 Å². The molecule has 2 aromatic carbocycles. The van der Waals surface area contributed by atoms with E-state index in [1.807, 2.05) is 35.2 Å². The fourth-order valence-electron chi connectivity index (χ4n) is 5.48. The number of hydrogen-bond acceptors (Lipinski definition) is 4. The number of aryl methyl sites for hydroxylation is 1. The summed E-state index contributed by atoms with van der Waals surface area (Å²) in [4.78, 5) is 31.8. The predicted octanol–water partition coefficient (Wildman–Crippen LogP) is 5.63. The molecule has 5 aliphatic rings. The lowest BCUT2D eigenvalue weighted by molar-refractivity contribution is -0.141. The topological polar surface area (TPSA) is 79.7 Å². The number of hydrogen-bond donors (Lipinski definition) is 1. The summed E-state index contributed by atoms with van der Waals surface area (Å²) in [7, 11) is 0. The second kappa shape index (κ2) is 11.2. The van der Waals surface area contributed by atoms with Crippen molar-refractivity contribution in [1.29, 1.82) is 0 Å². The number of nitrogens with zero attached hydrogens (tertiary/aromatic N) is 2. The van der Waals surface area contributed by atoms with Crippen LogP contribution in [0.4, 0.5) is 0 Å². The van der Waals surface area contributed by atoms with Crippen LogP contribution < -0.4 is 4.74 Å². The monoisotopic (exact) mass is 498 g/mol. The lowest BCUT2D eigenvalue weighted by Gasteiger charge is -2.30. The number of benzene rings is 2. The molecule has 0 fully saturated rings. The summed E-state index contributed by atoms with van der Waals surface area (Å²) in [6, 6.07) is 18.0. The molecule has 0 saturated heterocycles. The van der Waals surface area contributed by atoms with Gasteiger partial charge in [0.25, 0.3) is 5.91 Å². The van der Waals surface area contributed by atoms with Crippen LogP contribution in [0.25, 0.3) is 0 Å². The van der Waals surface area contributed by atoms with Gasteiger partial charge in [0.15, 0.2) is 0 Å². The summed E-state index contributed by atoms with van der Waals surface area (Å²) >= 11 is 0. The van der Waals surface area contributed by atoms with Gasteiger partial charge in [0, 0.05) is 36.8 Å². The van der Waals surface area contributed by atoms with Gasteiger partial charge in [-0.05, 0) is 65.6 Å². The molecule has 0 unspecified atom stereocenters. The van der Waals surface area contributed by atoms with E-state index in [1.165, 1.54) is 11.1 Å². The summed E-state index contributed by atoms with van der Waals surface area (Å²) in [5.74, 6) is -1.25. The maximum atomic E-state index is 13.3. The quantitative estimate of drug-likeness (QED) is 0.496. The minimum absolute atomic E-state index is 0.0417. The van der Waals surface area contributed by atoms with E-state index < -0.39 is 11.9 Å². The van der Waals surface area contributed by atoms with Crippen LogP contribution >= 0.6 is 0 Å². The Balaban J connectivity index is 1.49. The van der Waals surface area contributed by atoms with Crippen LogP contribution in [0.1, 0.15) is 76.7 Å². The Morgan fingerprint density at radius 3 is 2.51 bits per heavy atom. The second-order valence-corrected chi connectivity index (χ2v) is 10.2. The van der Waals surface area contributed by atoms with Gasteiger partial charge in [0.2, 0.25) is 5.88 Å². The van der Waals surface area contributed by atoms with Crippen molar-refractivity contribution in [1.82, 2.24) is 9.88 Å². The van der Waals surface area contributed by atoms with E-state index >= 15 is 0 Å². The Hall–Kier alpha value is -3.67. The van der Waals surface area contributed by atoms with Crippen molar-refractivity contribution < 1.29 is 19.4 Å². The van der Waals surface area contributed by atoms with Crippen molar-refractivity contribution in [2.24, 2.45) is 5.92 Å². The standard InChI is InChI=1S/C31H34N2O4/c1-21(31(35)36)29-25-12-11-23-15-16-33(20-27(23)18-25)30(34)24-9-7-22(8-10-24)6-4-2-3-5-17-37-28-14-13-26(29)19-32-28/h7-14,18-19,21,29H,2-6,15-17,20H2,1H3,(H,35,36)/t21-,29+/m0/s1. The number of aliphatic carboxylic acids is 1. The number of carboxylic acids is 1. The molecule has 0 saturated carbocycles. The lowest BCUT2D eigenvalue weighted by Crippen LogP contribution is -2.36. The first kappa shape index (κ1) is 25.0. The number of pyridine rings is 1. The SMILES string of the molecule is C[C@H](C(=O)O)[C@H]1c2ccc(nc2)OCCCCCCc2ccc(cc2)C(=O)N2CCc3ccc1cc3C2. The zero-order valence-corrected chi connectivity index (χ0v) is 21.4. The smallest absolute Gasteiger partial charge is 0.307 e. The van der Waals surface area contributed by atoms with Crippen LogP contribution in [0.2, 0.25) is 0 Å². The second-order valence-electron chi connectivity index (χ2n) is 10.2. The van der Waals surface area contributed by atoms with Gasteiger partial charge in [-0.15, -0.1) is 0 Å². The summed E-state index contributed by atoms with van der Waals surface area (Å²) < 4.78 is 5.86. The molecule has 1 aromatic heterocycles. The third-order valence-corrected chi connectivity index (χ3v) is 7.71. The first-order chi connectivity index (χ1) is 18.0. The van der Waals surface area contributed by atoms with Gasteiger partial charge in [-0.1, -0.05) is 56.2 Å². The van der Waals surface area contributed by atoms with Crippen molar-refractivity contribution in [3.63, 3.8) is 0 Å². The Morgan fingerprint density at radius 1 is 0.973 bits per heavy atom. The van der Waals surface area contributed by atoms with Gasteiger partial charge >= 0.3 is 5.97 Å². The molecule has 192 valence electrons. The first-order valence-electron chi connectivity index (χ1n) is 13.3. The number of ether oxygens (including phenoxy) is 1. The summed E-state index contributed by atoms with van der Waals surface area (Å²) in [6.45, 7) is 3.54. The molecule has 2 atom stereocenters. The average Bonchev–Trinajstić information content (AvgIpc) is 2.92. The van der Waals surface area contributed by atoms with Crippen LogP contribution in [0.15, 0.2) is 60.8 Å². The molecule has 5 aliphatic heterocycles. The van der Waals surface area contributed by atoms with Crippen molar-refractivity contribution in [3.05, 3.63) is 94.2 Å². The molecule has 7 bridgehead atoms. The number of amides is 1. The molecule has 0 radical (unpaired) electrons. The molecule has 0 spiro atoms. The zero-order valence-electron chi connectivity index (χ0n) is 21.4. The molecule has 8 rings (SSSR count). The van der Waals surface area contributed by atoms with Gasteiger partial charge in [-0.3, -0.25) is 9.59 Å². The zero-order chi connectivity index (χ0) is 25.8. The molecule has 1 N–H and O–H groups in total. The molecule has 37 heavy (non-hydrogen) atoms. The number of aromatic nitrogens is 1. The van der Waals surface area contributed by atoms with E-state index in [2.05, 4.69) is 29.2 Å². The van der Waals surface area contributed by atoms with Crippen molar-refractivity contribution >= 4 is 11.9 Å². The van der Waals surface area contributed by atoms with Gasteiger partial charge < -0.3 is 14.7 Å². The minimum Gasteiger partial charge on any atom is -0.481 e. The van der Waals surface area contributed by atoms with E-state index in [0.717, 1.165) is 55.2 Å². The molecule has 6 heterocycles.